The van der Waals surface area contributed by atoms with Crippen LogP contribution in [0.5, 0.6) is 0 Å². The molecule has 14 heavy (non-hydrogen) atoms. The van der Waals surface area contributed by atoms with Gasteiger partial charge in [0.1, 0.15) is 0 Å². The third-order valence-corrected chi connectivity index (χ3v) is 2.47. The van der Waals surface area contributed by atoms with Crippen LogP contribution in [-0.2, 0) is 0 Å². The van der Waals surface area contributed by atoms with Gasteiger partial charge in [-0.1, -0.05) is 36.4 Å². The smallest absolute Gasteiger partial charge is 0.0566 e. The van der Waals surface area contributed by atoms with Crippen molar-refractivity contribution in [2.24, 2.45) is 0 Å². The fourth-order valence-electron chi connectivity index (χ4n) is 1.61. The minimum absolute atomic E-state index is 0.0849. The Balaban J connectivity index is 0.000000165. The Bertz CT molecular complexity index is 485. The SMILES string of the molecule is OCCCl.c1ccc2c3ccc=3c2c1. The zero-order valence-electron chi connectivity index (χ0n) is 7.70. The van der Waals surface area contributed by atoms with Gasteiger partial charge in [0.05, 0.1) is 6.61 Å². The van der Waals surface area contributed by atoms with Crippen LogP contribution in [0.15, 0.2) is 36.4 Å². The summed E-state index contributed by atoms with van der Waals surface area (Å²) in [6.07, 6.45) is 0. The van der Waals surface area contributed by atoms with E-state index in [1.54, 1.807) is 0 Å². The number of fused-ring (bicyclic) bond motifs is 3. The van der Waals surface area contributed by atoms with Crippen molar-refractivity contribution in [3.8, 4) is 0 Å². The Morgan fingerprint density at radius 1 is 0.929 bits per heavy atom. The molecule has 1 aromatic carbocycles. The molecule has 2 aliphatic rings. The average molecular weight is 207 g/mol. The molecule has 2 heteroatoms. The number of rotatable bonds is 1. The lowest BCUT2D eigenvalue weighted by Crippen LogP contribution is -1.89. The summed E-state index contributed by atoms with van der Waals surface area (Å²) in [5, 5.41) is 13.5. The lowest BCUT2D eigenvalue weighted by molar-refractivity contribution is 0.321. The average Bonchev–Trinajstić information content (AvgIpc) is 2.19. The van der Waals surface area contributed by atoms with Crippen LogP contribution in [0.25, 0.3) is 10.8 Å². The van der Waals surface area contributed by atoms with Crippen molar-refractivity contribution in [3.63, 3.8) is 0 Å². The molecular weight excluding hydrogens is 196 g/mol. The number of aliphatic hydroxyl groups is 1. The molecule has 1 nitrogen and oxygen atoms in total. The van der Waals surface area contributed by atoms with Gasteiger partial charge in [-0.05, 0) is 21.2 Å². The molecule has 0 saturated carbocycles. The van der Waals surface area contributed by atoms with Gasteiger partial charge in [0.15, 0.2) is 0 Å². The first kappa shape index (κ1) is 9.50. The number of benzene rings is 2. The Labute approximate surface area is 87.3 Å². The van der Waals surface area contributed by atoms with Gasteiger partial charge >= 0.3 is 0 Å². The summed E-state index contributed by atoms with van der Waals surface area (Å²) >= 11 is 4.94. The van der Waals surface area contributed by atoms with Gasteiger partial charge in [-0.2, -0.15) is 0 Å². The summed E-state index contributed by atoms with van der Waals surface area (Å²) in [7, 11) is 0. The molecule has 2 aliphatic carbocycles. The minimum atomic E-state index is 0.0849. The zero-order chi connectivity index (χ0) is 9.97. The summed E-state index contributed by atoms with van der Waals surface area (Å²) in [5.74, 6) is 0.347. The van der Waals surface area contributed by atoms with Crippen molar-refractivity contribution < 1.29 is 5.11 Å². The van der Waals surface area contributed by atoms with Crippen molar-refractivity contribution in [3.05, 3.63) is 46.8 Å². The van der Waals surface area contributed by atoms with E-state index in [1.807, 2.05) is 0 Å². The maximum atomic E-state index is 7.74. The van der Waals surface area contributed by atoms with Crippen LogP contribution in [0.3, 0.4) is 0 Å². The summed E-state index contributed by atoms with van der Waals surface area (Å²) in [6.45, 7) is 0.0849. The van der Waals surface area contributed by atoms with Crippen LogP contribution in [-0.4, -0.2) is 17.6 Å². The van der Waals surface area contributed by atoms with E-state index < -0.39 is 0 Å². The molecule has 0 heterocycles. The van der Waals surface area contributed by atoms with Gasteiger partial charge in [-0.15, -0.1) is 11.6 Å². The molecule has 0 saturated heterocycles. The van der Waals surface area contributed by atoms with E-state index in [1.165, 1.54) is 21.2 Å². The normalized spacial score (nSPS) is 10.7. The van der Waals surface area contributed by atoms with Gasteiger partial charge in [0.2, 0.25) is 0 Å². The highest BCUT2D eigenvalue weighted by Crippen LogP contribution is 2.25. The molecule has 0 amide bonds. The Morgan fingerprint density at radius 3 is 1.64 bits per heavy atom. The van der Waals surface area contributed by atoms with Gasteiger partial charge in [0, 0.05) is 5.88 Å². The minimum Gasteiger partial charge on any atom is -0.395 e. The van der Waals surface area contributed by atoms with E-state index in [-0.39, 0.29) is 6.61 Å². The van der Waals surface area contributed by atoms with Crippen molar-refractivity contribution >= 4 is 22.4 Å². The molecule has 0 unspecified atom stereocenters. The van der Waals surface area contributed by atoms with E-state index >= 15 is 0 Å². The predicted octanol–water partition coefficient (Wildman–Crippen LogP) is 2.66. The second-order valence-corrected chi connectivity index (χ2v) is 3.50. The number of hydrogen-bond acceptors (Lipinski definition) is 1. The third-order valence-electron chi connectivity index (χ3n) is 2.30. The van der Waals surface area contributed by atoms with E-state index in [2.05, 4.69) is 36.4 Å². The molecule has 0 aliphatic heterocycles. The van der Waals surface area contributed by atoms with Gasteiger partial charge in [0.25, 0.3) is 0 Å². The molecule has 0 atom stereocenters. The molecule has 0 radical (unpaired) electrons. The molecule has 0 spiro atoms. The number of aliphatic hydroxyl groups excluding tert-OH is 1. The standard InChI is InChI=1S/C10H6.C2H5ClO/c1-2-4-8-7(3-1)9-5-6-10(8)9;3-1-2-4/h1-6H;4H,1-2H2. The number of halogens is 1. The maximum Gasteiger partial charge on any atom is 0.0566 e. The van der Waals surface area contributed by atoms with E-state index in [0.717, 1.165) is 0 Å². The fraction of sp³-hybridized carbons (Fsp3) is 0.167. The second kappa shape index (κ2) is 3.99. The first-order valence-electron chi connectivity index (χ1n) is 4.57. The quantitative estimate of drug-likeness (QED) is 0.607. The summed E-state index contributed by atoms with van der Waals surface area (Å²) in [4.78, 5) is 0. The molecule has 3 rings (SSSR count). The summed E-state index contributed by atoms with van der Waals surface area (Å²) in [6, 6.07) is 12.9. The molecular formula is C12H11ClO. The maximum absolute atomic E-state index is 7.74. The monoisotopic (exact) mass is 206 g/mol. The highest BCUT2D eigenvalue weighted by atomic mass is 35.5. The van der Waals surface area contributed by atoms with Crippen molar-refractivity contribution in [1.82, 2.24) is 0 Å². The van der Waals surface area contributed by atoms with E-state index in [4.69, 9.17) is 16.7 Å². The molecule has 1 N–H and O–H groups in total. The molecule has 0 aromatic heterocycles. The lowest BCUT2D eigenvalue weighted by Gasteiger charge is -2.09. The van der Waals surface area contributed by atoms with Crippen LogP contribution in [0.1, 0.15) is 0 Å². The Kier molecular flexibility index (Phi) is 2.71. The van der Waals surface area contributed by atoms with E-state index in [0.29, 0.717) is 5.88 Å². The van der Waals surface area contributed by atoms with Crippen LogP contribution in [0.2, 0.25) is 0 Å². The van der Waals surface area contributed by atoms with E-state index in [9.17, 15) is 0 Å². The molecule has 1 aromatic rings. The second-order valence-electron chi connectivity index (χ2n) is 3.12. The Morgan fingerprint density at radius 2 is 1.36 bits per heavy atom. The van der Waals surface area contributed by atoms with Crippen LogP contribution in [0, 0.1) is 10.4 Å². The van der Waals surface area contributed by atoms with Crippen molar-refractivity contribution in [1.29, 1.82) is 0 Å². The topological polar surface area (TPSA) is 20.2 Å². The highest BCUT2D eigenvalue weighted by Gasteiger charge is 2.05. The lowest BCUT2D eigenvalue weighted by atomic mass is 9.95. The Hall–Kier alpha value is -1.05. The zero-order valence-corrected chi connectivity index (χ0v) is 8.46. The van der Waals surface area contributed by atoms with Crippen LogP contribution < -0.4 is 0 Å². The molecule has 72 valence electrons. The van der Waals surface area contributed by atoms with Gasteiger partial charge in [-0.3, -0.25) is 0 Å². The summed E-state index contributed by atoms with van der Waals surface area (Å²) in [5.41, 5.74) is 0. The largest absolute Gasteiger partial charge is 0.395 e. The van der Waals surface area contributed by atoms with Gasteiger partial charge < -0.3 is 5.11 Å². The summed E-state index contributed by atoms with van der Waals surface area (Å²) < 4.78 is 0. The predicted molar refractivity (Wildman–Crippen MR) is 59.4 cm³/mol. The molecule has 0 bridgehead atoms. The third kappa shape index (κ3) is 1.39. The number of alkyl halides is 1. The van der Waals surface area contributed by atoms with Crippen LogP contribution >= 0.6 is 11.6 Å². The fourth-order valence-corrected chi connectivity index (χ4v) is 1.61. The van der Waals surface area contributed by atoms with Gasteiger partial charge in [-0.25, -0.2) is 0 Å². The van der Waals surface area contributed by atoms with Crippen LogP contribution in [0.4, 0.5) is 0 Å². The highest BCUT2D eigenvalue weighted by molar-refractivity contribution is 6.17. The molecule has 0 fully saturated rings. The van der Waals surface area contributed by atoms with Crippen molar-refractivity contribution in [2.75, 3.05) is 12.5 Å². The first-order valence-corrected chi connectivity index (χ1v) is 5.11. The number of hydrogen-bond donors (Lipinski definition) is 1. The van der Waals surface area contributed by atoms with Crippen molar-refractivity contribution in [2.45, 2.75) is 0 Å². The first-order chi connectivity index (χ1) is 6.88.